The van der Waals surface area contributed by atoms with E-state index < -0.39 is 0 Å². The number of aryl methyl sites for hydroxylation is 2. The maximum atomic E-state index is 5.34. The summed E-state index contributed by atoms with van der Waals surface area (Å²) in [6.07, 6.45) is 5.05. The first-order chi connectivity index (χ1) is 11.2. The van der Waals surface area contributed by atoms with Gasteiger partial charge >= 0.3 is 0 Å². The summed E-state index contributed by atoms with van der Waals surface area (Å²) >= 11 is 0. The normalized spacial score (nSPS) is 11.1. The average Bonchev–Trinajstić information content (AvgIpc) is 2.92. The lowest BCUT2D eigenvalue weighted by Gasteiger charge is -2.07. The number of hydrogen-bond donors (Lipinski definition) is 0. The molecular formula is C21H25NO. The molecule has 0 spiro atoms. The maximum Gasteiger partial charge on any atom is 0.120 e. The van der Waals surface area contributed by atoms with Crippen molar-refractivity contribution in [1.82, 2.24) is 4.57 Å². The fraction of sp³-hybridized carbons (Fsp3) is 0.333. The lowest BCUT2D eigenvalue weighted by molar-refractivity contribution is 0.415. The standard InChI is InChI=1S/C21H25NO/c1-4-5-6-7-16-8-10-17(11-9-16)20-14-18-12-13-19(23-3)15-21(18)22(20)2/h8-15H,4-7H2,1-3H3. The minimum absolute atomic E-state index is 0.900. The van der Waals surface area contributed by atoms with E-state index in [1.807, 2.05) is 6.07 Å². The molecule has 3 aromatic rings. The van der Waals surface area contributed by atoms with E-state index in [0.29, 0.717) is 0 Å². The quantitative estimate of drug-likeness (QED) is 0.542. The van der Waals surface area contributed by atoms with Gasteiger partial charge in [-0.3, -0.25) is 0 Å². The van der Waals surface area contributed by atoms with E-state index >= 15 is 0 Å². The Kier molecular flexibility index (Phi) is 4.71. The molecule has 120 valence electrons. The molecule has 0 saturated heterocycles. The summed E-state index contributed by atoms with van der Waals surface area (Å²) in [6, 6.07) is 17.5. The van der Waals surface area contributed by atoms with Gasteiger partial charge < -0.3 is 9.30 Å². The third-order valence-corrected chi connectivity index (χ3v) is 4.57. The number of hydrogen-bond acceptors (Lipinski definition) is 1. The number of ether oxygens (including phenoxy) is 1. The molecule has 0 fully saturated rings. The van der Waals surface area contributed by atoms with Crippen molar-refractivity contribution < 1.29 is 4.74 Å². The number of fused-ring (bicyclic) bond motifs is 1. The summed E-state index contributed by atoms with van der Waals surface area (Å²) in [7, 11) is 3.83. The highest BCUT2D eigenvalue weighted by Gasteiger charge is 2.09. The van der Waals surface area contributed by atoms with Crippen molar-refractivity contribution in [2.75, 3.05) is 7.11 Å². The molecule has 0 bridgehead atoms. The van der Waals surface area contributed by atoms with Gasteiger partial charge in [-0.15, -0.1) is 0 Å². The van der Waals surface area contributed by atoms with Crippen LogP contribution in [0.4, 0.5) is 0 Å². The second-order valence-electron chi connectivity index (χ2n) is 6.17. The average molecular weight is 307 g/mol. The zero-order valence-corrected chi connectivity index (χ0v) is 14.3. The molecule has 0 atom stereocenters. The summed E-state index contributed by atoms with van der Waals surface area (Å²) in [5.74, 6) is 0.900. The molecule has 0 radical (unpaired) electrons. The van der Waals surface area contributed by atoms with Crippen LogP contribution < -0.4 is 4.74 Å². The van der Waals surface area contributed by atoms with Crippen molar-refractivity contribution in [3.05, 3.63) is 54.1 Å². The summed E-state index contributed by atoms with van der Waals surface area (Å²) in [5.41, 5.74) is 5.14. The first kappa shape index (κ1) is 15.7. The second kappa shape index (κ2) is 6.91. The van der Waals surface area contributed by atoms with Gasteiger partial charge in [0.25, 0.3) is 0 Å². The van der Waals surface area contributed by atoms with E-state index in [2.05, 4.69) is 61.0 Å². The Balaban J connectivity index is 1.89. The molecule has 0 saturated carbocycles. The lowest BCUT2D eigenvalue weighted by Crippen LogP contribution is -1.92. The van der Waals surface area contributed by atoms with Crippen molar-refractivity contribution >= 4 is 10.9 Å². The Labute approximate surface area is 138 Å². The van der Waals surface area contributed by atoms with Gasteiger partial charge in [-0.25, -0.2) is 0 Å². The number of benzene rings is 2. The molecule has 0 amide bonds. The first-order valence-corrected chi connectivity index (χ1v) is 8.45. The van der Waals surface area contributed by atoms with Crippen LogP contribution in [0.3, 0.4) is 0 Å². The summed E-state index contributed by atoms with van der Waals surface area (Å²) in [6.45, 7) is 2.25. The van der Waals surface area contributed by atoms with Gasteiger partial charge in [-0.05, 0) is 42.2 Å². The zero-order valence-electron chi connectivity index (χ0n) is 14.3. The van der Waals surface area contributed by atoms with Crippen LogP contribution in [-0.4, -0.2) is 11.7 Å². The van der Waals surface area contributed by atoms with Crippen LogP contribution in [0.15, 0.2) is 48.5 Å². The highest BCUT2D eigenvalue weighted by molar-refractivity contribution is 5.88. The predicted octanol–water partition coefficient (Wildman–Crippen LogP) is 5.59. The molecule has 0 N–H and O–H groups in total. The molecule has 0 aliphatic heterocycles. The monoisotopic (exact) mass is 307 g/mol. The number of unbranched alkanes of at least 4 members (excludes halogenated alkanes) is 2. The molecule has 23 heavy (non-hydrogen) atoms. The molecule has 1 aromatic heterocycles. The van der Waals surface area contributed by atoms with Gasteiger partial charge in [0, 0.05) is 24.2 Å². The highest BCUT2D eigenvalue weighted by atomic mass is 16.5. The number of aromatic nitrogens is 1. The fourth-order valence-corrected chi connectivity index (χ4v) is 3.14. The van der Waals surface area contributed by atoms with Crippen molar-refractivity contribution in [2.45, 2.75) is 32.6 Å². The van der Waals surface area contributed by atoms with Gasteiger partial charge in [0.15, 0.2) is 0 Å². The topological polar surface area (TPSA) is 14.2 Å². The lowest BCUT2D eigenvalue weighted by atomic mass is 10.0. The van der Waals surface area contributed by atoms with Crippen LogP contribution in [0.2, 0.25) is 0 Å². The minimum Gasteiger partial charge on any atom is -0.497 e. The molecule has 0 aliphatic rings. The van der Waals surface area contributed by atoms with E-state index in [0.717, 1.165) is 5.75 Å². The summed E-state index contributed by atoms with van der Waals surface area (Å²) in [5, 5.41) is 1.25. The number of methoxy groups -OCH3 is 1. The fourth-order valence-electron chi connectivity index (χ4n) is 3.14. The minimum atomic E-state index is 0.900. The molecule has 3 rings (SSSR count). The van der Waals surface area contributed by atoms with Gasteiger partial charge in [0.2, 0.25) is 0 Å². The molecule has 2 nitrogen and oxygen atoms in total. The van der Waals surface area contributed by atoms with E-state index in [1.54, 1.807) is 7.11 Å². The zero-order chi connectivity index (χ0) is 16.2. The van der Waals surface area contributed by atoms with Gasteiger partial charge in [0.1, 0.15) is 5.75 Å². The predicted molar refractivity (Wildman–Crippen MR) is 98.1 cm³/mol. The molecule has 1 heterocycles. The largest absolute Gasteiger partial charge is 0.497 e. The van der Waals surface area contributed by atoms with Gasteiger partial charge in [-0.2, -0.15) is 0 Å². The SMILES string of the molecule is CCCCCc1ccc(-c2cc3ccc(OC)cc3n2C)cc1. The van der Waals surface area contributed by atoms with Crippen LogP contribution in [0.25, 0.3) is 22.2 Å². The van der Waals surface area contributed by atoms with Crippen LogP contribution in [0, 0.1) is 0 Å². The van der Waals surface area contributed by atoms with Crippen molar-refractivity contribution in [1.29, 1.82) is 0 Å². The molecule has 0 aliphatic carbocycles. The highest BCUT2D eigenvalue weighted by Crippen LogP contribution is 2.29. The Hall–Kier alpha value is -2.22. The van der Waals surface area contributed by atoms with Crippen LogP contribution in [-0.2, 0) is 13.5 Å². The van der Waals surface area contributed by atoms with E-state index in [9.17, 15) is 0 Å². The van der Waals surface area contributed by atoms with Crippen molar-refractivity contribution in [3.8, 4) is 17.0 Å². The van der Waals surface area contributed by atoms with Crippen LogP contribution >= 0.6 is 0 Å². The number of nitrogens with zero attached hydrogens (tertiary/aromatic N) is 1. The Morgan fingerprint density at radius 3 is 2.43 bits per heavy atom. The Bertz CT molecular complexity index is 783. The molecular weight excluding hydrogens is 282 g/mol. The third kappa shape index (κ3) is 3.26. The molecule has 0 unspecified atom stereocenters. The molecule has 2 aromatic carbocycles. The van der Waals surface area contributed by atoms with E-state index in [1.165, 1.54) is 53.4 Å². The number of rotatable bonds is 6. The summed E-state index contributed by atoms with van der Waals surface area (Å²) in [4.78, 5) is 0. The first-order valence-electron chi connectivity index (χ1n) is 8.45. The van der Waals surface area contributed by atoms with Crippen molar-refractivity contribution in [2.24, 2.45) is 7.05 Å². The smallest absolute Gasteiger partial charge is 0.120 e. The Morgan fingerprint density at radius 2 is 1.74 bits per heavy atom. The van der Waals surface area contributed by atoms with E-state index in [-0.39, 0.29) is 0 Å². The Morgan fingerprint density at radius 1 is 0.957 bits per heavy atom. The van der Waals surface area contributed by atoms with E-state index in [4.69, 9.17) is 4.74 Å². The molecule has 2 heteroatoms. The van der Waals surface area contributed by atoms with Gasteiger partial charge in [0.05, 0.1) is 12.6 Å². The maximum absolute atomic E-state index is 5.34. The van der Waals surface area contributed by atoms with Crippen molar-refractivity contribution in [3.63, 3.8) is 0 Å². The van der Waals surface area contributed by atoms with Crippen LogP contribution in [0.5, 0.6) is 5.75 Å². The van der Waals surface area contributed by atoms with Crippen LogP contribution in [0.1, 0.15) is 31.7 Å². The third-order valence-electron chi connectivity index (χ3n) is 4.57. The second-order valence-corrected chi connectivity index (χ2v) is 6.17. The summed E-state index contributed by atoms with van der Waals surface area (Å²) < 4.78 is 7.58. The van der Waals surface area contributed by atoms with Gasteiger partial charge in [-0.1, -0.05) is 44.0 Å².